The average molecular weight is 217 g/mol. The summed E-state index contributed by atoms with van der Waals surface area (Å²) in [5.74, 6) is 0.0383. The minimum Gasteiger partial charge on any atom is -0.353 e. The lowest BCUT2D eigenvalue weighted by atomic mass is 10.1. The highest BCUT2D eigenvalue weighted by Gasteiger charge is 2.10. The van der Waals surface area contributed by atoms with Gasteiger partial charge in [-0.3, -0.25) is 4.79 Å². The Morgan fingerprint density at radius 1 is 1.29 bits per heavy atom. The number of amides is 1. The fourth-order valence-corrected chi connectivity index (χ4v) is 1.39. The van der Waals surface area contributed by atoms with Crippen molar-refractivity contribution in [1.29, 1.82) is 0 Å². The van der Waals surface area contributed by atoms with E-state index in [0.29, 0.717) is 0 Å². The van der Waals surface area contributed by atoms with Crippen molar-refractivity contribution in [2.75, 3.05) is 0 Å². The molecule has 84 valence electrons. The van der Waals surface area contributed by atoms with Gasteiger partial charge in [-0.15, -0.1) is 0 Å². The Morgan fingerprint density at radius 2 is 1.93 bits per heavy atom. The summed E-state index contributed by atoms with van der Waals surface area (Å²) in [6.07, 6.45) is 6.10. The van der Waals surface area contributed by atoms with E-state index in [9.17, 15) is 4.79 Å². The lowest BCUT2D eigenvalue weighted by molar-refractivity contribution is -0.120. The smallest absolute Gasteiger partial charge is 0.232 e. The summed E-state index contributed by atoms with van der Waals surface area (Å²) in [5, 5.41) is 2.74. The minimum absolute atomic E-state index is 0.0383. The van der Waals surface area contributed by atoms with E-state index in [4.69, 9.17) is 0 Å². The van der Waals surface area contributed by atoms with Crippen LogP contribution in [-0.2, 0) is 4.79 Å². The molecule has 1 N–H and O–H groups in total. The van der Waals surface area contributed by atoms with E-state index in [1.807, 2.05) is 0 Å². The topological polar surface area (TPSA) is 29.1 Å². The molecule has 0 aromatic rings. The zero-order chi connectivity index (χ0) is 11.0. The maximum absolute atomic E-state index is 11.3. The second-order valence-corrected chi connectivity index (χ2v) is 4.71. The molecule has 0 spiro atoms. The summed E-state index contributed by atoms with van der Waals surface area (Å²) in [6, 6.07) is 0.286. The van der Waals surface area contributed by atoms with Gasteiger partial charge in [-0.05, 0) is 20.3 Å². The van der Waals surface area contributed by atoms with E-state index < -0.39 is 0 Å². The predicted octanol–water partition coefficient (Wildman–Crippen LogP) is 2.78. The molecule has 0 fully saturated rings. The molecule has 0 aliphatic heterocycles. The average Bonchev–Trinajstić information content (AvgIpc) is 2.12. The quantitative estimate of drug-likeness (QED) is 0.498. The van der Waals surface area contributed by atoms with Crippen LogP contribution in [0.3, 0.4) is 0 Å². The standard InChI is InChI=1S/C11H23NOS/c1-4-5-6-7-8-9(2)12-11(13)10(3)14/h9-10,14H,4-8H2,1-3H3,(H,12,13). The van der Waals surface area contributed by atoms with Crippen molar-refractivity contribution in [3.05, 3.63) is 0 Å². The molecule has 14 heavy (non-hydrogen) atoms. The van der Waals surface area contributed by atoms with Crippen molar-refractivity contribution in [3.8, 4) is 0 Å². The number of hydrogen-bond acceptors (Lipinski definition) is 2. The number of nitrogens with one attached hydrogen (secondary N) is 1. The zero-order valence-corrected chi connectivity index (χ0v) is 10.4. The van der Waals surface area contributed by atoms with Gasteiger partial charge in [0.1, 0.15) is 0 Å². The second-order valence-electron chi connectivity index (χ2n) is 3.93. The molecule has 0 saturated heterocycles. The van der Waals surface area contributed by atoms with Crippen LogP contribution in [0.25, 0.3) is 0 Å². The molecule has 0 rings (SSSR count). The molecule has 0 aromatic carbocycles. The lowest BCUT2D eigenvalue weighted by Gasteiger charge is -2.14. The van der Waals surface area contributed by atoms with Gasteiger partial charge >= 0.3 is 0 Å². The van der Waals surface area contributed by atoms with E-state index >= 15 is 0 Å². The van der Waals surface area contributed by atoms with Crippen LogP contribution in [-0.4, -0.2) is 17.2 Å². The summed E-state index contributed by atoms with van der Waals surface area (Å²) in [4.78, 5) is 11.3. The van der Waals surface area contributed by atoms with Crippen LogP contribution in [0.1, 0.15) is 52.9 Å². The highest BCUT2D eigenvalue weighted by molar-refractivity contribution is 7.81. The Balaban J connectivity index is 3.45. The molecule has 0 aliphatic rings. The Kier molecular flexibility index (Phi) is 8.05. The molecule has 3 heteroatoms. The van der Waals surface area contributed by atoms with Crippen LogP contribution in [0, 0.1) is 0 Å². The maximum Gasteiger partial charge on any atom is 0.232 e. The van der Waals surface area contributed by atoms with E-state index in [1.165, 1.54) is 25.7 Å². The van der Waals surface area contributed by atoms with Crippen molar-refractivity contribution < 1.29 is 4.79 Å². The third-order valence-electron chi connectivity index (χ3n) is 2.26. The van der Waals surface area contributed by atoms with Crippen LogP contribution >= 0.6 is 12.6 Å². The van der Waals surface area contributed by atoms with Crippen molar-refractivity contribution in [1.82, 2.24) is 5.32 Å². The first-order valence-corrected chi connectivity index (χ1v) is 6.08. The van der Waals surface area contributed by atoms with E-state index in [0.717, 1.165) is 6.42 Å². The molecule has 0 aliphatic carbocycles. The number of rotatable bonds is 7. The molecule has 2 unspecified atom stereocenters. The van der Waals surface area contributed by atoms with Gasteiger partial charge in [0.15, 0.2) is 0 Å². The van der Waals surface area contributed by atoms with E-state index in [1.54, 1.807) is 6.92 Å². The van der Waals surface area contributed by atoms with Crippen LogP contribution in [0.2, 0.25) is 0 Å². The third kappa shape index (κ3) is 7.25. The summed E-state index contributed by atoms with van der Waals surface area (Å²) in [7, 11) is 0. The monoisotopic (exact) mass is 217 g/mol. The molecular weight excluding hydrogens is 194 g/mol. The van der Waals surface area contributed by atoms with Gasteiger partial charge in [-0.25, -0.2) is 0 Å². The number of hydrogen-bond donors (Lipinski definition) is 2. The highest BCUT2D eigenvalue weighted by Crippen LogP contribution is 2.05. The van der Waals surface area contributed by atoms with Crippen molar-refractivity contribution in [2.24, 2.45) is 0 Å². The Hall–Kier alpha value is -0.180. The second kappa shape index (κ2) is 8.16. The van der Waals surface area contributed by atoms with Gasteiger partial charge in [0.25, 0.3) is 0 Å². The molecule has 0 saturated carbocycles. The van der Waals surface area contributed by atoms with Gasteiger partial charge in [-0.1, -0.05) is 32.6 Å². The summed E-state index contributed by atoms with van der Waals surface area (Å²) >= 11 is 4.08. The van der Waals surface area contributed by atoms with E-state index in [-0.39, 0.29) is 17.2 Å². The molecule has 0 aromatic heterocycles. The molecular formula is C11H23NOS. The van der Waals surface area contributed by atoms with Gasteiger partial charge < -0.3 is 5.32 Å². The van der Waals surface area contributed by atoms with Crippen LogP contribution in [0.5, 0.6) is 0 Å². The normalized spacial score (nSPS) is 14.9. The Bertz CT molecular complexity index is 159. The van der Waals surface area contributed by atoms with Crippen LogP contribution < -0.4 is 5.32 Å². The molecule has 0 bridgehead atoms. The van der Waals surface area contributed by atoms with Crippen molar-refractivity contribution >= 4 is 18.5 Å². The molecule has 1 amide bonds. The first kappa shape index (κ1) is 13.8. The highest BCUT2D eigenvalue weighted by atomic mass is 32.1. The maximum atomic E-state index is 11.3. The first-order chi connectivity index (χ1) is 6.57. The largest absolute Gasteiger partial charge is 0.353 e. The number of carbonyl (C=O) groups excluding carboxylic acids is 1. The molecule has 2 atom stereocenters. The number of carbonyl (C=O) groups is 1. The van der Waals surface area contributed by atoms with Gasteiger partial charge in [-0.2, -0.15) is 12.6 Å². The number of unbranched alkanes of at least 4 members (excludes halogenated alkanes) is 3. The fraction of sp³-hybridized carbons (Fsp3) is 0.909. The SMILES string of the molecule is CCCCCCC(C)NC(=O)C(C)S. The van der Waals surface area contributed by atoms with Crippen LogP contribution in [0.15, 0.2) is 0 Å². The zero-order valence-electron chi connectivity index (χ0n) is 9.55. The predicted molar refractivity (Wildman–Crippen MR) is 64.8 cm³/mol. The summed E-state index contributed by atoms with van der Waals surface area (Å²) in [5.41, 5.74) is 0. The summed E-state index contributed by atoms with van der Waals surface area (Å²) in [6.45, 7) is 6.05. The fourth-order valence-electron chi connectivity index (χ4n) is 1.31. The third-order valence-corrected chi connectivity index (χ3v) is 2.49. The van der Waals surface area contributed by atoms with Gasteiger partial charge in [0, 0.05) is 6.04 Å². The minimum atomic E-state index is -0.201. The molecule has 0 heterocycles. The van der Waals surface area contributed by atoms with Gasteiger partial charge in [0.2, 0.25) is 5.91 Å². The molecule has 2 nitrogen and oxygen atoms in total. The van der Waals surface area contributed by atoms with Gasteiger partial charge in [0.05, 0.1) is 5.25 Å². The summed E-state index contributed by atoms with van der Waals surface area (Å²) < 4.78 is 0. The van der Waals surface area contributed by atoms with Crippen LogP contribution in [0.4, 0.5) is 0 Å². The number of thiol groups is 1. The Morgan fingerprint density at radius 3 is 2.43 bits per heavy atom. The Labute approximate surface area is 93.3 Å². The van der Waals surface area contributed by atoms with Crippen molar-refractivity contribution in [2.45, 2.75) is 64.2 Å². The molecule has 0 radical (unpaired) electrons. The lowest BCUT2D eigenvalue weighted by Crippen LogP contribution is -2.36. The van der Waals surface area contributed by atoms with Crippen molar-refractivity contribution in [3.63, 3.8) is 0 Å². The van der Waals surface area contributed by atoms with E-state index in [2.05, 4.69) is 31.8 Å². The first-order valence-electron chi connectivity index (χ1n) is 5.56.